The van der Waals surface area contributed by atoms with Gasteiger partial charge in [0.25, 0.3) is 11.5 Å². The standard InChI is InChI=1S/C25H29N5O7/c1-14-19(16(3)31)15(2)27-20(14)24(34)37-13-18(32)29(10-11-36-4)21-22(26)30(25(35)28-23(21)33)12-17-8-6-5-7-9-17/h5-9,27H,10-13,26H2,1-4H3,(H,28,33,35). The minimum atomic E-state index is -0.871. The molecule has 3 rings (SSSR count). The highest BCUT2D eigenvalue weighted by molar-refractivity contribution is 6.02. The lowest BCUT2D eigenvalue weighted by molar-refractivity contribution is -0.121. The molecule has 12 nitrogen and oxygen atoms in total. The molecule has 2 aromatic heterocycles. The third kappa shape index (κ3) is 5.86. The lowest BCUT2D eigenvalue weighted by Crippen LogP contribution is -2.44. The summed E-state index contributed by atoms with van der Waals surface area (Å²) in [7, 11) is 1.41. The van der Waals surface area contributed by atoms with Gasteiger partial charge < -0.3 is 20.2 Å². The number of aryl methyl sites for hydroxylation is 1. The number of anilines is 2. The molecular weight excluding hydrogens is 482 g/mol. The number of carbonyl (C=O) groups is 3. The Morgan fingerprint density at radius 2 is 1.76 bits per heavy atom. The van der Waals surface area contributed by atoms with E-state index in [4.69, 9.17) is 15.2 Å². The average molecular weight is 512 g/mol. The Labute approximate surface area is 212 Å². The number of esters is 1. The van der Waals surface area contributed by atoms with Gasteiger partial charge in [-0.05, 0) is 31.9 Å². The topological polar surface area (TPSA) is 170 Å². The number of nitrogens with one attached hydrogen (secondary N) is 2. The smallest absolute Gasteiger partial charge is 0.355 e. The summed E-state index contributed by atoms with van der Waals surface area (Å²) < 4.78 is 11.4. The Hall–Kier alpha value is -4.45. The molecule has 2 heterocycles. The van der Waals surface area contributed by atoms with E-state index in [2.05, 4.69) is 9.97 Å². The largest absolute Gasteiger partial charge is 0.451 e. The number of nitrogens with two attached hydrogens (primary N) is 1. The van der Waals surface area contributed by atoms with E-state index in [1.165, 1.54) is 14.0 Å². The number of aromatic nitrogens is 3. The summed E-state index contributed by atoms with van der Waals surface area (Å²) in [4.78, 5) is 68.9. The number of aromatic amines is 2. The highest BCUT2D eigenvalue weighted by Crippen LogP contribution is 2.20. The number of H-pyrrole nitrogens is 2. The van der Waals surface area contributed by atoms with Crippen LogP contribution in [0.15, 0.2) is 39.9 Å². The van der Waals surface area contributed by atoms with Crippen molar-refractivity contribution in [1.82, 2.24) is 14.5 Å². The van der Waals surface area contributed by atoms with Crippen LogP contribution in [0.1, 0.15) is 44.6 Å². The number of ether oxygens (including phenoxy) is 2. The first kappa shape index (κ1) is 27.1. The first-order chi connectivity index (χ1) is 17.6. The Morgan fingerprint density at radius 3 is 2.35 bits per heavy atom. The van der Waals surface area contributed by atoms with Crippen molar-refractivity contribution >= 4 is 29.2 Å². The van der Waals surface area contributed by atoms with Crippen molar-refractivity contribution < 1.29 is 23.9 Å². The van der Waals surface area contributed by atoms with Gasteiger partial charge in [0.15, 0.2) is 18.1 Å². The minimum absolute atomic E-state index is 0.0350. The highest BCUT2D eigenvalue weighted by Gasteiger charge is 2.27. The number of nitrogens with zero attached hydrogens (tertiary/aromatic N) is 2. The molecule has 0 unspecified atom stereocenters. The molecule has 0 saturated heterocycles. The molecule has 0 bridgehead atoms. The summed E-state index contributed by atoms with van der Waals surface area (Å²) in [6.07, 6.45) is 0. The van der Waals surface area contributed by atoms with Crippen molar-refractivity contribution in [2.45, 2.75) is 27.3 Å². The molecule has 0 radical (unpaired) electrons. The van der Waals surface area contributed by atoms with Gasteiger partial charge >= 0.3 is 11.7 Å². The van der Waals surface area contributed by atoms with Crippen molar-refractivity contribution in [3.63, 3.8) is 0 Å². The summed E-state index contributed by atoms with van der Waals surface area (Å²) in [5.74, 6) is -2.05. The molecule has 0 aliphatic carbocycles. The van der Waals surface area contributed by atoms with Gasteiger partial charge in [0.05, 0.1) is 13.2 Å². The quantitative estimate of drug-likeness (QED) is 0.269. The van der Waals surface area contributed by atoms with Gasteiger partial charge in [-0.2, -0.15) is 0 Å². The van der Waals surface area contributed by atoms with Crippen LogP contribution in [0.3, 0.4) is 0 Å². The van der Waals surface area contributed by atoms with E-state index in [0.717, 1.165) is 15.0 Å². The van der Waals surface area contributed by atoms with Gasteiger partial charge in [0.1, 0.15) is 11.5 Å². The minimum Gasteiger partial charge on any atom is -0.451 e. The Balaban J connectivity index is 1.90. The van der Waals surface area contributed by atoms with E-state index >= 15 is 0 Å². The molecule has 37 heavy (non-hydrogen) atoms. The number of Topliss-reactive ketones (excluding diaryl/α,β-unsaturated/α-hetero) is 1. The first-order valence-corrected chi connectivity index (χ1v) is 11.4. The number of hydrogen-bond donors (Lipinski definition) is 3. The van der Waals surface area contributed by atoms with Crippen LogP contribution in [0.4, 0.5) is 11.5 Å². The van der Waals surface area contributed by atoms with Crippen molar-refractivity contribution in [3.8, 4) is 0 Å². The van der Waals surface area contributed by atoms with Gasteiger partial charge in [-0.15, -0.1) is 0 Å². The van der Waals surface area contributed by atoms with Crippen molar-refractivity contribution in [3.05, 3.63) is 79.2 Å². The molecule has 0 spiro atoms. The zero-order valence-corrected chi connectivity index (χ0v) is 21.0. The molecule has 0 aliphatic rings. The maximum atomic E-state index is 13.1. The molecule has 196 valence electrons. The number of amides is 1. The number of rotatable bonds is 10. The van der Waals surface area contributed by atoms with Crippen LogP contribution in [0.2, 0.25) is 0 Å². The van der Waals surface area contributed by atoms with E-state index in [1.54, 1.807) is 38.1 Å². The van der Waals surface area contributed by atoms with Gasteiger partial charge in [-0.3, -0.25) is 28.8 Å². The van der Waals surface area contributed by atoms with E-state index in [1.807, 2.05) is 6.07 Å². The Bertz CT molecular complexity index is 1440. The van der Waals surface area contributed by atoms with Crippen LogP contribution in [-0.4, -0.2) is 59.1 Å². The van der Waals surface area contributed by atoms with Crippen molar-refractivity contribution in [2.24, 2.45) is 0 Å². The lowest BCUT2D eigenvalue weighted by atomic mass is 10.1. The normalized spacial score (nSPS) is 10.8. The van der Waals surface area contributed by atoms with E-state index in [0.29, 0.717) is 16.8 Å². The summed E-state index contributed by atoms with van der Waals surface area (Å²) in [6.45, 7) is 3.89. The van der Waals surface area contributed by atoms with Crippen molar-refractivity contribution in [1.29, 1.82) is 0 Å². The third-order valence-electron chi connectivity index (χ3n) is 5.81. The van der Waals surface area contributed by atoms with E-state index in [-0.39, 0.29) is 42.7 Å². The molecule has 0 aliphatic heterocycles. The summed E-state index contributed by atoms with van der Waals surface area (Å²) in [5, 5.41) is 0. The molecule has 0 saturated carbocycles. The fraction of sp³-hybridized carbons (Fsp3) is 0.320. The van der Waals surface area contributed by atoms with E-state index in [9.17, 15) is 24.0 Å². The number of hydrogen-bond acceptors (Lipinski definition) is 8. The molecule has 1 aromatic carbocycles. The molecule has 12 heteroatoms. The molecule has 0 fully saturated rings. The molecule has 3 aromatic rings. The average Bonchev–Trinajstić information content (AvgIpc) is 3.16. The number of carbonyl (C=O) groups excluding carboxylic acids is 3. The third-order valence-corrected chi connectivity index (χ3v) is 5.81. The van der Waals surface area contributed by atoms with E-state index < -0.39 is 29.7 Å². The zero-order valence-electron chi connectivity index (χ0n) is 21.0. The fourth-order valence-corrected chi connectivity index (χ4v) is 4.06. The second-order valence-electron chi connectivity index (χ2n) is 8.36. The number of nitrogen functional groups attached to an aromatic ring is 1. The van der Waals surface area contributed by atoms with Gasteiger partial charge in [0.2, 0.25) is 0 Å². The fourth-order valence-electron chi connectivity index (χ4n) is 4.06. The summed E-state index contributed by atoms with van der Waals surface area (Å²) in [5.41, 5.74) is 6.44. The molecule has 1 amide bonds. The number of methoxy groups -OCH3 is 1. The first-order valence-electron chi connectivity index (χ1n) is 11.4. The maximum Gasteiger partial charge on any atom is 0.355 e. The Morgan fingerprint density at radius 1 is 1.08 bits per heavy atom. The van der Waals surface area contributed by atoms with Crippen LogP contribution >= 0.6 is 0 Å². The SMILES string of the molecule is COCCN(C(=O)COC(=O)c1[nH]c(C)c(C(C)=O)c1C)c1c(N)n(Cc2ccccc2)c(=O)[nH]c1=O. The molecular formula is C25H29N5O7. The maximum absolute atomic E-state index is 13.1. The van der Waals surface area contributed by atoms with Crippen LogP contribution in [0.25, 0.3) is 0 Å². The van der Waals surface area contributed by atoms with Gasteiger partial charge in [-0.25, -0.2) is 9.59 Å². The van der Waals surface area contributed by atoms with Crippen LogP contribution in [0.5, 0.6) is 0 Å². The van der Waals surface area contributed by atoms with Crippen LogP contribution < -0.4 is 21.9 Å². The second-order valence-corrected chi connectivity index (χ2v) is 8.36. The van der Waals surface area contributed by atoms with Crippen LogP contribution in [-0.2, 0) is 20.8 Å². The lowest BCUT2D eigenvalue weighted by Gasteiger charge is -2.24. The van der Waals surface area contributed by atoms with Gasteiger partial charge in [-0.1, -0.05) is 30.3 Å². The number of benzene rings is 1. The predicted octanol–water partition coefficient (Wildman–Crippen LogP) is 1.15. The number of ketones is 1. The van der Waals surface area contributed by atoms with Crippen molar-refractivity contribution in [2.75, 3.05) is 37.5 Å². The molecule has 4 N–H and O–H groups in total. The zero-order chi connectivity index (χ0) is 27.3. The molecule has 0 atom stereocenters. The Kier molecular flexibility index (Phi) is 8.45. The summed E-state index contributed by atoms with van der Waals surface area (Å²) in [6, 6.07) is 8.96. The predicted molar refractivity (Wildman–Crippen MR) is 136 cm³/mol. The monoisotopic (exact) mass is 511 g/mol. The second kappa shape index (κ2) is 11.5. The van der Waals surface area contributed by atoms with Crippen LogP contribution in [0, 0.1) is 13.8 Å². The highest BCUT2D eigenvalue weighted by atomic mass is 16.5. The van der Waals surface area contributed by atoms with Gasteiger partial charge in [0, 0.05) is 24.9 Å². The summed E-state index contributed by atoms with van der Waals surface area (Å²) >= 11 is 0.